The third-order valence-electron chi connectivity index (χ3n) is 3.58. The van der Waals surface area contributed by atoms with Crippen molar-refractivity contribution in [1.29, 1.82) is 0 Å². The maximum atomic E-state index is 11.9. The van der Waals surface area contributed by atoms with Crippen molar-refractivity contribution >= 4 is 5.91 Å². The fourth-order valence-electron chi connectivity index (χ4n) is 2.33. The second kappa shape index (κ2) is 6.21. The van der Waals surface area contributed by atoms with Crippen molar-refractivity contribution in [2.45, 2.75) is 32.7 Å². The molecule has 1 amide bonds. The summed E-state index contributed by atoms with van der Waals surface area (Å²) in [4.78, 5) is 14.2. The van der Waals surface area contributed by atoms with Crippen molar-refractivity contribution in [2.75, 3.05) is 26.7 Å². The van der Waals surface area contributed by atoms with E-state index in [2.05, 4.69) is 24.2 Å². The first-order valence-electron chi connectivity index (χ1n) is 6.27. The van der Waals surface area contributed by atoms with Crippen LogP contribution in [0.2, 0.25) is 0 Å². The molecular formula is C12H25N3O. The van der Waals surface area contributed by atoms with Crippen molar-refractivity contribution < 1.29 is 4.79 Å². The SMILES string of the molecule is CCC(CN)C(=O)NC1CCN(C)CC1C. The summed E-state index contributed by atoms with van der Waals surface area (Å²) in [6.07, 6.45) is 1.87. The first kappa shape index (κ1) is 13.5. The molecule has 3 unspecified atom stereocenters. The van der Waals surface area contributed by atoms with Crippen LogP contribution in [0.25, 0.3) is 0 Å². The number of amides is 1. The number of piperidine rings is 1. The summed E-state index contributed by atoms with van der Waals surface area (Å²) in [6.45, 7) is 6.78. The van der Waals surface area contributed by atoms with E-state index in [9.17, 15) is 4.79 Å². The quantitative estimate of drug-likeness (QED) is 0.732. The second-order valence-corrected chi connectivity index (χ2v) is 4.98. The molecule has 1 rings (SSSR count). The van der Waals surface area contributed by atoms with Gasteiger partial charge in [-0.15, -0.1) is 0 Å². The minimum Gasteiger partial charge on any atom is -0.353 e. The molecule has 0 aromatic carbocycles. The molecule has 1 aliphatic heterocycles. The maximum Gasteiger partial charge on any atom is 0.224 e. The zero-order valence-electron chi connectivity index (χ0n) is 10.7. The third kappa shape index (κ3) is 3.46. The van der Waals surface area contributed by atoms with Gasteiger partial charge in [0.1, 0.15) is 0 Å². The molecule has 1 saturated heterocycles. The molecule has 0 saturated carbocycles. The summed E-state index contributed by atoms with van der Waals surface area (Å²) in [7, 11) is 2.13. The minimum atomic E-state index is -0.0214. The molecule has 0 radical (unpaired) electrons. The van der Waals surface area contributed by atoms with Gasteiger partial charge in [0.2, 0.25) is 5.91 Å². The lowest BCUT2D eigenvalue weighted by Gasteiger charge is -2.35. The first-order valence-corrected chi connectivity index (χ1v) is 6.27. The summed E-state index contributed by atoms with van der Waals surface area (Å²) in [5.74, 6) is 0.635. The maximum absolute atomic E-state index is 11.9. The third-order valence-corrected chi connectivity index (χ3v) is 3.58. The van der Waals surface area contributed by atoms with E-state index in [1.54, 1.807) is 0 Å². The van der Waals surface area contributed by atoms with Gasteiger partial charge in [-0.05, 0) is 32.4 Å². The Hall–Kier alpha value is -0.610. The number of carbonyl (C=O) groups excluding carboxylic acids is 1. The number of nitrogens with one attached hydrogen (secondary N) is 1. The van der Waals surface area contributed by atoms with Gasteiger partial charge in [-0.25, -0.2) is 0 Å². The van der Waals surface area contributed by atoms with Gasteiger partial charge in [-0.1, -0.05) is 13.8 Å². The summed E-state index contributed by atoms with van der Waals surface area (Å²) in [6, 6.07) is 0.323. The minimum absolute atomic E-state index is 0.0214. The van der Waals surface area contributed by atoms with Gasteiger partial charge in [-0.2, -0.15) is 0 Å². The lowest BCUT2D eigenvalue weighted by Crippen LogP contribution is -2.50. The zero-order chi connectivity index (χ0) is 12.1. The van der Waals surface area contributed by atoms with E-state index in [-0.39, 0.29) is 11.8 Å². The van der Waals surface area contributed by atoms with Gasteiger partial charge in [0.15, 0.2) is 0 Å². The van der Waals surface area contributed by atoms with Crippen molar-refractivity contribution in [3.05, 3.63) is 0 Å². The molecule has 0 aromatic heterocycles. The first-order chi connectivity index (χ1) is 7.58. The average molecular weight is 227 g/mol. The molecule has 1 heterocycles. The lowest BCUT2D eigenvalue weighted by molar-refractivity contribution is -0.126. The molecular weight excluding hydrogens is 202 g/mol. The molecule has 4 nitrogen and oxygen atoms in total. The van der Waals surface area contributed by atoms with Gasteiger partial charge >= 0.3 is 0 Å². The largest absolute Gasteiger partial charge is 0.353 e. The summed E-state index contributed by atoms with van der Waals surface area (Å²) in [5, 5.41) is 3.15. The molecule has 0 spiro atoms. The topological polar surface area (TPSA) is 58.4 Å². The second-order valence-electron chi connectivity index (χ2n) is 4.98. The summed E-state index contributed by atoms with van der Waals surface area (Å²) >= 11 is 0. The van der Waals surface area contributed by atoms with Crippen molar-refractivity contribution in [1.82, 2.24) is 10.2 Å². The Balaban J connectivity index is 2.44. The summed E-state index contributed by atoms with van der Waals surface area (Å²) < 4.78 is 0. The fraction of sp³-hybridized carbons (Fsp3) is 0.917. The van der Waals surface area contributed by atoms with Crippen LogP contribution in [0.4, 0.5) is 0 Å². The van der Waals surface area contributed by atoms with Crippen LogP contribution in [0.15, 0.2) is 0 Å². The Labute approximate surface area is 98.6 Å². The highest BCUT2D eigenvalue weighted by molar-refractivity contribution is 5.79. The monoisotopic (exact) mass is 227 g/mol. The Morgan fingerprint density at radius 1 is 1.62 bits per heavy atom. The zero-order valence-corrected chi connectivity index (χ0v) is 10.7. The van der Waals surface area contributed by atoms with Crippen LogP contribution >= 0.6 is 0 Å². The van der Waals surface area contributed by atoms with E-state index in [4.69, 9.17) is 5.73 Å². The van der Waals surface area contributed by atoms with Crippen LogP contribution in [0.1, 0.15) is 26.7 Å². The van der Waals surface area contributed by atoms with Gasteiger partial charge in [-0.3, -0.25) is 4.79 Å². The number of likely N-dealkylation sites (tertiary alicyclic amines) is 1. The molecule has 4 heteroatoms. The van der Waals surface area contributed by atoms with Crippen molar-refractivity contribution in [3.8, 4) is 0 Å². The van der Waals surface area contributed by atoms with E-state index in [1.165, 1.54) is 0 Å². The van der Waals surface area contributed by atoms with Crippen LogP contribution in [0.5, 0.6) is 0 Å². The fourth-order valence-corrected chi connectivity index (χ4v) is 2.33. The van der Waals surface area contributed by atoms with E-state index in [1.807, 2.05) is 6.92 Å². The Bertz CT molecular complexity index is 228. The van der Waals surface area contributed by atoms with E-state index < -0.39 is 0 Å². The van der Waals surface area contributed by atoms with E-state index in [0.29, 0.717) is 18.5 Å². The lowest BCUT2D eigenvalue weighted by atomic mass is 9.93. The summed E-state index contributed by atoms with van der Waals surface area (Å²) in [5.41, 5.74) is 5.58. The number of hydrogen-bond acceptors (Lipinski definition) is 3. The average Bonchev–Trinajstić information content (AvgIpc) is 2.24. The highest BCUT2D eigenvalue weighted by atomic mass is 16.1. The van der Waals surface area contributed by atoms with Crippen molar-refractivity contribution in [2.24, 2.45) is 17.6 Å². The number of carbonyl (C=O) groups is 1. The molecule has 0 aliphatic carbocycles. The number of rotatable bonds is 4. The predicted octanol–water partition coefficient (Wildman–Crippen LogP) is 0.428. The van der Waals surface area contributed by atoms with Gasteiger partial charge in [0, 0.05) is 25.0 Å². The molecule has 0 aromatic rings. The van der Waals surface area contributed by atoms with Crippen LogP contribution in [-0.4, -0.2) is 43.5 Å². The molecule has 1 aliphatic rings. The Morgan fingerprint density at radius 2 is 2.31 bits per heavy atom. The highest BCUT2D eigenvalue weighted by Gasteiger charge is 2.27. The highest BCUT2D eigenvalue weighted by Crippen LogP contribution is 2.16. The number of hydrogen-bond donors (Lipinski definition) is 2. The van der Waals surface area contributed by atoms with Gasteiger partial charge in [0.05, 0.1) is 0 Å². The van der Waals surface area contributed by atoms with Crippen LogP contribution in [-0.2, 0) is 4.79 Å². The standard InChI is InChI=1S/C12H25N3O/c1-4-10(7-13)12(16)14-11-5-6-15(3)8-9(11)2/h9-11H,4-8,13H2,1-3H3,(H,14,16). The van der Waals surface area contributed by atoms with Crippen LogP contribution in [0.3, 0.4) is 0 Å². The Kier molecular flexibility index (Phi) is 5.22. The molecule has 3 atom stereocenters. The van der Waals surface area contributed by atoms with Gasteiger partial charge < -0.3 is 16.0 Å². The Morgan fingerprint density at radius 3 is 2.81 bits per heavy atom. The predicted molar refractivity (Wildman–Crippen MR) is 66.0 cm³/mol. The molecule has 16 heavy (non-hydrogen) atoms. The molecule has 94 valence electrons. The van der Waals surface area contributed by atoms with E-state index in [0.717, 1.165) is 25.9 Å². The molecule has 3 N–H and O–H groups in total. The van der Waals surface area contributed by atoms with Crippen LogP contribution in [0, 0.1) is 11.8 Å². The number of nitrogens with zero attached hydrogens (tertiary/aromatic N) is 1. The smallest absolute Gasteiger partial charge is 0.224 e. The van der Waals surface area contributed by atoms with Crippen molar-refractivity contribution in [3.63, 3.8) is 0 Å². The normalized spacial score (nSPS) is 28.8. The number of nitrogens with two attached hydrogens (primary N) is 1. The van der Waals surface area contributed by atoms with Gasteiger partial charge in [0.25, 0.3) is 0 Å². The molecule has 0 bridgehead atoms. The van der Waals surface area contributed by atoms with E-state index >= 15 is 0 Å². The van der Waals surface area contributed by atoms with Crippen LogP contribution < -0.4 is 11.1 Å². The molecule has 1 fully saturated rings.